The van der Waals surface area contributed by atoms with Gasteiger partial charge in [0.2, 0.25) is 11.8 Å². The Labute approximate surface area is 112 Å². The summed E-state index contributed by atoms with van der Waals surface area (Å²) in [6.45, 7) is 3.60. The van der Waals surface area contributed by atoms with E-state index >= 15 is 0 Å². The minimum Gasteiger partial charge on any atom is -0.481 e. The van der Waals surface area contributed by atoms with Crippen LogP contribution in [-0.2, 0) is 14.4 Å². The second kappa shape index (κ2) is 6.54. The standard InChI is InChI=1S/C13H22N2O4/c1-8(2)15(7-11(14)16)12(17)9-3-5-10(6-4-9)13(18)19/h8-10H,3-7H2,1-2H3,(H2,14,16)(H,18,19). The van der Waals surface area contributed by atoms with E-state index in [9.17, 15) is 14.4 Å². The Morgan fingerprint density at radius 3 is 2.00 bits per heavy atom. The zero-order chi connectivity index (χ0) is 14.6. The molecular weight excluding hydrogens is 248 g/mol. The third-order valence-corrected chi connectivity index (χ3v) is 3.66. The minimum atomic E-state index is -0.788. The van der Waals surface area contributed by atoms with E-state index in [0.29, 0.717) is 25.7 Å². The van der Waals surface area contributed by atoms with Crippen LogP contribution in [-0.4, -0.2) is 40.4 Å². The molecule has 0 heterocycles. The number of carbonyl (C=O) groups excluding carboxylic acids is 2. The van der Waals surface area contributed by atoms with Crippen LogP contribution in [0.5, 0.6) is 0 Å². The summed E-state index contributed by atoms with van der Waals surface area (Å²) in [5.41, 5.74) is 5.15. The van der Waals surface area contributed by atoms with Crippen molar-refractivity contribution in [2.45, 2.75) is 45.6 Å². The van der Waals surface area contributed by atoms with Gasteiger partial charge in [0.15, 0.2) is 0 Å². The molecule has 0 aromatic heterocycles. The van der Waals surface area contributed by atoms with Gasteiger partial charge in [0.25, 0.3) is 0 Å². The summed E-state index contributed by atoms with van der Waals surface area (Å²) >= 11 is 0. The Balaban J connectivity index is 2.61. The van der Waals surface area contributed by atoms with Crippen LogP contribution in [0.4, 0.5) is 0 Å². The molecule has 0 atom stereocenters. The maximum atomic E-state index is 12.3. The van der Waals surface area contributed by atoms with E-state index in [0.717, 1.165) is 0 Å². The molecule has 3 N–H and O–H groups in total. The van der Waals surface area contributed by atoms with Gasteiger partial charge in [0.05, 0.1) is 12.5 Å². The summed E-state index contributed by atoms with van der Waals surface area (Å²) in [6, 6.07) is -0.0859. The molecule has 0 aromatic carbocycles. The van der Waals surface area contributed by atoms with Crippen LogP contribution in [0.3, 0.4) is 0 Å². The van der Waals surface area contributed by atoms with Gasteiger partial charge < -0.3 is 15.7 Å². The largest absolute Gasteiger partial charge is 0.481 e. The highest BCUT2D eigenvalue weighted by molar-refractivity contribution is 5.85. The van der Waals surface area contributed by atoms with Gasteiger partial charge in [-0.25, -0.2) is 0 Å². The van der Waals surface area contributed by atoms with Gasteiger partial charge >= 0.3 is 5.97 Å². The molecule has 108 valence electrons. The van der Waals surface area contributed by atoms with Crippen molar-refractivity contribution < 1.29 is 19.5 Å². The highest BCUT2D eigenvalue weighted by Crippen LogP contribution is 2.30. The summed E-state index contributed by atoms with van der Waals surface area (Å²) in [5, 5.41) is 8.92. The summed E-state index contributed by atoms with van der Waals surface area (Å²) in [6.07, 6.45) is 2.18. The number of primary amides is 1. The smallest absolute Gasteiger partial charge is 0.306 e. The van der Waals surface area contributed by atoms with E-state index in [2.05, 4.69) is 0 Å². The number of nitrogens with zero attached hydrogens (tertiary/aromatic N) is 1. The van der Waals surface area contributed by atoms with E-state index in [4.69, 9.17) is 10.8 Å². The molecular formula is C13H22N2O4. The third kappa shape index (κ3) is 4.22. The number of nitrogens with two attached hydrogens (primary N) is 1. The lowest BCUT2D eigenvalue weighted by Gasteiger charge is -2.32. The number of carbonyl (C=O) groups is 3. The summed E-state index contributed by atoms with van der Waals surface area (Å²) in [7, 11) is 0. The Hall–Kier alpha value is -1.59. The zero-order valence-electron chi connectivity index (χ0n) is 11.5. The molecule has 1 saturated carbocycles. The van der Waals surface area contributed by atoms with Gasteiger partial charge in [-0.15, -0.1) is 0 Å². The monoisotopic (exact) mass is 270 g/mol. The lowest BCUT2D eigenvalue weighted by molar-refractivity contribution is -0.146. The molecule has 0 radical (unpaired) electrons. The lowest BCUT2D eigenvalue weighted by atomic mass is 9.81. The SMILES string of the molecule is CC(C)N(CC(N)=O)C(=O)C1CCC(C(=O)O)CC1. The van der Waals surface area contributed by atoms with Gasteiger partial charge in [0.1, 0.15) is 0 Å². The van der Waals surface area contributed by atoms with E-state index in [1.807, 2.05) is 13.8 Å². The lowest BCUT2D eigenvalue weighted by Crippen LogP contribution is -2.46. The van der Waals surface area contributed by atoms with E-state index in [1.165, 1.54) is 4.90 Å². The molecule has 1 fully saturated rings. The van der Waals surface area contributed by atoms with Crippen LogP contribution in [0.1, 0.15) is 39.5 Å². The second-order valence-electron chi connectivity index (χ2n) is 5.41. The fourth-order valence-electron chi connectivity index (χ4n) is 2.50. The van der Waals surface area contributed by atoms with E-state index in [-0.39, 0.29) is 30.3 Å². The number of carboxylic acid groups (broad SMARTS) is 1. The molecule has 1 aliphatic rings. The normalized spacial score (nSPS) is 23.1. The average Bonchev–Trinajstić information content (AvgIpc) is 2.34. The predicted molar refractivity (Wildman–Crippen MR) is 69.1 cm³/mol. The van der Waals surface area contributed by atoms with Crippen molar-refractivity contribution in [3.05, 3.63) is 0 Å². The molecule has 0 bridgehead atoms. The fourth-order valence-corrected chi connectivity index (χ4v) is 2.50. The first-order chi connectivity index (χ1) is 8.82. The molecule has 0 aromatic rings. The van der Waals surface area contributed by atoms with Gasteiger partial charge in [-0.3, -0.25) is 14.4 Å². The zero-order valence-corrected chi connectivity index (χ0v) is 11.5. The van der Waals surface area contributed by atoms with Crippen molar-refractivity contribution in [2.24, 2.45) is 17.6 Å². The van der Waals surface area contributed by atoms with Crippen molar-refractivity contribution in [1.82, 2.24) is 4.90 Å². The van der Waals surface area contributed by atoms with Crippen molar-refractivity contribution in [2.75, 3.05) is 6.54 Å². The van der Waals surface area contributed by atoms with Crippen molar-refractivity contribution in [3.63, 3.8) is 0 Å². The Kier molecular flexibility index (Phi) is 5.32. The Bertz CT molecular complexity index is 360. The number of rotatable bonds is 5. The minimum absolute atomic E-state index is 0.0740. The average molecular weight is 270 g/mol. The molecule has 0 saturated heterocycles. The van der Waals surface area contributed by atoms with Gasteiger partial charge in [-0.1, -0.05) is 0 Å². The molecule has 0 spiro atoms. The summed E-state index contributed by atoms with van der Waals surface area (Å²) in [5.74, 6) is -1.92. The molecule has 0 unspecified atom stereocenters. The molecule has 19 heavy (non-hydrogen) atoms. The number of hydrogen-bond acceptors (Lipinski definition) is 3. The molecule has 1 aliphatic carbocycles. The van der Waals surface area contributed by atoms with Gasteiger partial charge in [0, 0.05) is 12.0 Å². The number of aliphatic carboxylic acids is 1. The summed E-state index contributed by atoms with van der Waals surface area (Å²) < 4.78 is 0. The van der Waals surface area contributed by atoms with Crippen LogP contribution in [0, 0.1) is 11.8 Å². The Morgan fingerprint density at radius 1 is 1.16 bits per heavy atom. The van der Waals surface area contributed by atoms with Crippen LogP contribution in [0.2, 0.25) is 0 Å². The van der Waals surface area contributed by atoms with Crippen LogP contribution in [0.15, 0.2) is 0 Å². The van der Waals surface area contributed by atoms with Crippen molar-refractivity contribution in [1.29, 1.82) is 0 Å². The fraction of sp³-hybridized carbons (Fsp3) is 0.769. The maximum absolute atomic E-state index is 12.3. The third-order valence-electron chi connectivity index (χ3n) is 3.66. The van der Waals surface area contributed by atoms with Gasteiger partial charge in [-0.2, -0.15) is 0 Å². The number of carboxylic acids is 1. The first kappa shape index (κ1) is 15.5. The number of hydrogen-bond donors (Lipinski definition) is 2. The highest BCUT2D eigenvalue weighted by Gasteiger charge is 2.33. The number of amides is 2. The molecule has 6 heteroatoms. The van der Waals surface area contributed by atoms with E-state index < -0.39 is 11.9 Å². The van der Waals surface area contributed by atoms with E-state index in [1.54, 1.807) is 0 Å². The topological polar surface area (TPSA) is 101 Å². The maximum Gasteiger partial charge on any atom is 0.306 e. The molecule has 1 rings (SSSR count). The highest BCUT2D eigenvalue weighted by atomic mass is 16.4. The molecule has 0 aliphatic heterocycles. The van der Waals surface area contributed by atoms with Crippen LogP contribution < -0.4 is 5.73 Å². The molecule has 6 nitrogen and oxygen atoms in total. The van der Waals surface area contributed by atoms with Gasteiger partial charge in [-0.05, 0) is 39.5 Å². The first-order valence-corrected chi connectivity index (χ1v) is 6.64. The molecule has 2 amide bonds. The predicted octanol–water partition coefficient (Wildman–Crippen LogP) is 0.600. The quantitative estimate of drug-likeness (QED) is 0.763. The Morgan fingerprint density at radius 2 is 1.63 bits per heavy atom. The van der Waals surface area contributed by atoms with Crippen LogP contribution in [0.25, 0.3) is 0 Å². The van der Waals surface area contributed by atoms with Crippen LogP contribution >= 0.6 is 0 Å². The second-order valence-corrected chi connectivity index (χ2v) is 5.41. The van der Waals surface area contributed by atoms with Crippen molar-refractivity contribution >= 4 is 17.8 Å². The first-order valence-electron chi connectivity index (χ1n) is 6.64. The van der Waals surface area contributed by atoms with Crippen molar-refractivity contribution in [3.8, 4) is 0 Å². The summed E-state index contributed by atoms with van der Waals surface area (Å²) in [4.78, 5) is 35.7.